The SMILES string of the molecule is CN(C(=O)c1ccc([N+](=O)[O-])cc1)C1CCN(C[C@H]2CCOC2)CC1. The van der Waals surface area contributed by atoms with Crippen LogP contribution in [0, 0.1) is 16.0 Å². The van der Waals surface area contributed by atoms with Gasteiger partial charge in [-0.15, -0.1) is 0 Å². The van der Waals surface area contributed by atoms with E-state index in [2.05, 4.69) is 4.90 Å². The molecular weight excluding hydrogens is 322 g/mol. The molecule has 2 aliphatic heterocycles. The normalized spacial score (nSPS) is 22.0. The fourth-order valence-electron chi connectivity index (χ4n) is 3.68. The number of nitro benzene ring substituents is 1. The number of non-ortho nitro benzene ring substituents is 1. The first-order chi connectivity index (χ1) is 12.0. The van der Waals surface area contributed by atoms with E-state index in [9.17, 15) is 14.9 Å². The van der Waals surface area contributed by atoms with Gasteiger partial charge in [0.1, 0.15) is 0 Å². The molecule has 0 radical (unpaired) electrons. The summed E-state index contributed by atoms with van der Waals surface area (Å²) in [6, 6.07) is 6.05. The number of carbonyl (C=O) groups excluding carboxylic acids is 1. The van der Waals surface area contributed by atoms with E-state index in [4.69, 9.17) is 4.74 Å². The number of hydrogen-bond donors (Lipinski definition) is 0. The minimum absolute atomic E-state index is 0.00315. The average molecular weight is 347 g/mol. The van der Waals surface area contributed by atoms with E-state index < -0.39 is 4.92 Å². The molecule has 0 aliphatic carbocycles. The van der Waals surface area contributed by atoms with Crippen LogP contribution in [0.3, 0.4) is 0 Å². The molecule has 0 saturated carbocycles. The highest BCUT2D eigenvalue weighted by atomic mass is 16.6. The van der Waals surface area contributed by atoms with E-state index in [1.165, 1.54) is 24.3 Å². The molecule has 1 amide bonds. The molecule has 1 atom stereocenters. The lowest BCUT2D eigenvalue weighted by Gasteiger charge is -2.37. The Morgan fingerprint density at radius 2 is 1.96 bits per heavy atom. The summed E-state index contributed by atoms with van der Waals surface area (Å²) >= 11 is 0. The molecule has 2 fully saturated rings. The number of nitrogens with zero attached hydrogens (tertiary/aromatic N) is 3. The van der Waals surface area contributed by atoms with Crippen molar-refractivity contribution in [2.24, 2.45) is 5.92 Å². The molecule has 25 heavy (non-hydrogen) atoms. The molecular formula is C18H25N3O4. The van der Waals surface area contributed by atoms with Gasteiger partial charge in [-0.1, -0.05) is 0 Å². The Labute approximate surface area is 147 Å². The Bertz CT molecular complexity index is 605. The standard InChI is InChI=1S/C18H25N3O4/c1-19(18(22)15-2-4-17(5-3-15)21(23)24)16-6-9-20(10-7-16)12-14-8-11-25-13-14/h2-5,14,16H,6-13H2,1H3/t14-/m1/s1. The first kappa shape index (κ1) is 17.8. The van der Waals surface area contributed by atoms with Crippen LogP contribution in [0.1, 0.15) is 29.6 Å². The van der Waals surface area contributed by atoms with Crippen LogP contribution >= 0.6 is 0 Å². The van der Waals surface area contributed by atoms with Gasteiger partial charge in [0, 0.05) is 57.0 Å². The molecule has 0 unspecified atom stereocenters. The third-order valence-electron chi connectivity index (χ3n) is 5.29. The zero-order chi connectivity index (χ0) is 17.8. The number of amides is 1. The number of piperidine rings is 1. The molecule has 2 saturated heterocycles. The molecule has 1 aromatic carbocycles. The van der Waals surface area contributed by atoms with Crippen LogP contribution in [0.4, 0.5) is 5.69 Å². The molecule has 1 aromatic rings. The van der Waals surface area contributed by atoms with Crippen LogP contribution in [0.5, 0.6) is 0 Å². The minimum Gasteiger partial charge on any atom is -0.381 e. The molecule has 0 N–H and O–H groups in total. The summed E-state index contributed by atoms with van der Waals surface area (Å²) < 4.78 is 5.44. The maximum Gasteiger partial charge on any atom is 0.269 e. The van der Waals surface area contributed by atoms with E-state index >= 15 is 0 Å². The van der Waals surface area contributed by atoms with E-state index in [-0.39, 0.29) is 17.6 Å². The second kappa shape index (κ2) is 7.93. The number of benzene rings is 1. The first-order valence-corrected chi connectivity index (χ1v) is 8.86. The maximum absolute atomic E-state index is 12.6. The Morgan fingerprint density at radius 3 is 2.52 bits per heavy atom. The van der Waals surface area contributed by atoms with Crippen molar-refractivity contribution in [3.8, 4) is 0 Å². The van der Waals surface area contributed by atoms with Crippen molar-refractivity contribution in [1.29, 1.82) is 0 Å². The highest BCUT2D eigenvalue weighted by Crippen LogP contribution is 2.21. The van der Waals surface area contributed by atoms with Crippen molar-refractivity contribution in [3.05, 3.63) is 39.9 Å². The Kier molecular flexibility index (Phi) is 5.65. The maximum atomic E-state index is 12.6. The molecule has 136 valence electrons. The van der Waals surface area contributed by atoms with Gasteiger partial charge in [-0.3, -0.25) is 14.9 Å². The van der Waals surface area contributed by atoms with Crippen molar-refractivity contribution >= 4 is 11.6 Å². The van der Waals surface area contributed by atoms with Gasteiger partial charge in [0.2, 0.25) is 0 Å². The van der Waals surface area contributed by atoms with Crippen molar-refractivity contribution < 1.29 is 14.5 Å². The fraction of sp³-hybridized carbons (Fsp3) is 0.611. The summed E-state index contributed by atoms with van der Waals surface area (Å²) in [4.78, 5) is 27.1. The zero-order valence-corrected chi connectivity index (χ0v) is 14.6. The largest absolute Gasteiger partial charge is 0.381 e. The van der Waals surface area contributed by atoms with Crippen molar-refractivity contribution in [2.45, 2.75) is 25.3 Å². The van der Waals surface area contributed by atoms with Crippen LogP contribution < -0.4 is 0 Å². The van der Waals surface area contributed by atoms with E-state index in [1.54, 1.807) is 4.90 Å². The monoisotopic (exact) mass is 347 g/mol. The van der Waals surface area contributed by atoms with E-state index in [0.29, 0.717) is 11.5 Å². The van der Waals surface area contributed by atoms with Gasteiger partial charge < -0.3 is 14.5 Å². The molecule has 0 aromatic heterocycles. The summed E-state index contributed by atoms with van der Waals surface area (Å²) in [5.74, 6) is 0.577. The average Bonchev–Trinajstić information content (AvgIpc) is 3.14. The molecule has 7 heteroatoms. The lowest BCUT2D eigenvalue weighted by atomic mass is 10.0. The smallest absolute Gasteiger partial charge is 0.269 e. The summed E-state index contributed by atoms with van der Waals surface area (Å²) in [6.07, 6.45) is 3.07. The molecule has 2 heterocycles. The number of ether oxygens (including phenoxy) is 1. The molecule has 0 bridgehead atoms. The second-order valence-corrected chi connectivity index (χ2v) is 6.98. The topological polar surface area (TPSA) is 75.9 Å². The molecule has 3 rings (SSSR count). The van der Waals surface area contributed by atoms with E-state index in [0.717, 1.165) is 52.1 Å². The first-order valence-electron chi connectivity index (χ1n) is 8.86. The van der Waals surface area contributed by atoms with Gasteiger partial charge in [0.05, 0.1) is 11.5 Å². The van der Waals surface area contributed by atoms with E-state index in [1.807, 2.05) is 7.05 Å². The Morgan fingerprint density at radius 1 is 1.28 bits per heavy atom. The van der Waals surface area contributed by atoms with Gasteiger partial charge >= 0.3 is 0 Å². The Balaban J connectivity index is 1.51. The minimum atomic E-state index is -0.455. The Hall–Kier alpha value is -1.99. The lowest BCUT2D eigenvalue weighted by Crippen LogP contribution is -2.46. The summed E-state index contributed by atoms with van der Waals surface area (Å²) in [6.45, 7) is 4.84. The number of carbonyl (C=O) groups is 1. The molecule has 0 spiro atoms. The molecule has 7 nitrogen and oxygen atoms in total. The summed E-state index contributed by atoms with van der Waals surface area (Å²) in [5.41, 5.74) is 0.502. The van der Waals surface area contributed by atoms with Crippen LogP contribution in [-0.4, -0.2) is 66.6 Å². The predicted octanol–water partition coefficient (Wildman–Crippen LogP) is 2.17. The van der Waals surface area contributed by atoms with Gasteiger partial charge in [-0.25, -0.2) is 0 Å². The summed E-state index contributed by atoms with van der Waals surface area (Å²) in [7, 11) is 1.83. The van der Waals surface area contributed by atoms with Crippen LogP contribution in [0.2, 0.25) is 0 Å². The van der Waals surface area contributed by atoms with Gasteiger partial charge in [0.25, 0.3) is 11.6 Å². The molecule has 2 aliphatic rings. The number of likely N-dealkylation sites (tertiary alicyclic amines) is 1. The van der Waals surface area contributed by atoms with Crippen molar-refractivity contribution in [1.82, 2.24) is 9.80 Å². The lowest BCUT2D eigenvalue weighted by molar-refractivity contribution is -0.384. The predicted molar refractivity (Wildman–Crippen MR) is 93.6 cm³/mol. The highest BCUT2D eigenvalue weighted by Gasteiger charge is 2.28. The second-order valence-electron chi connectivity index (χ2n) is 6.98. The fourth-order valence-corrected chi connectivity index (χ4v) is 3.68. The number of rotatable bonds is 5. The quantitative estimate of drug-likeness (QED) is 0.603. The van der Waals surface area contributed by atoms with Gasteiger partial charge in [-0.2, -0.15) is 0 Å². The zero-order valence-electron chi connectivity index (χ0n) is 14.6. The van der Waals surface area contributed by atoms with Gasteiger partial charge in [-0.05, 0) is 37.3 Å². The van der Waals surface area contributed by atoms with Crippen molar-refractivity contribution in [3.63, 3.8) is 0 Å². The van der Waals surface area contributed by atoms with Crippen LogP contribution in [0.25, 0.3) is 0 Å². The van der Waals surface area contributed by atoms with Crippen LogP contribution in [-0.2, 0) is 4.74 Å². The number of nitro groups is 1. The third kappa shape index (κ3) is 4.35. The van der Waals surface area contributed by atoms with Crippen LogP contribution in [0.15, 0.2) is 24.3 Å². The third-order valence-corrected chi connectivity index (χ3v) is 5.29. The number of hydrogen-bond acceptors (Lipinski definition) is 5. The van der Waals surface area contributed by atoms with Crippen molar-refractivity contribution in [2.75, 3.05) is 39.9 Å². The summed E-state index contributed by atoms with van der Waals surface area (Å²) in [5, 5.41) is 10.7. The van der Waals surface area contributed by atoms with Gasteiger partial charge in [0.15, 0.2) is 0 Å². The highest BCUT2D eigenvalue weighted by molar-refractivity contribution is 5.94.